The lowest BCUT2D eigenvalue weighted by Gasteiger charge is -2.19. The zero-order valence-electron chi connectivity index (χ0n) is 11.3. The smallest absolute Gasteiger partial charge is 0.0419 e. The fraction of sp³-hybridized carbons (Fsp3) is 0.643. The van der Waals surface area contributed by atoms with Crippen molar-refractivity contribution in [2.45, 2.75) is 32.2 Å². The molecule has 1 rings (SSSR count). The van der Waals surface area contributed by atoms with Crippen LogP contribution in [0.1, 0.15) is 25.5 Å². The molecule has 1 aromatic heterocycles. The van der Waals surface area contributed by atoms with Crippen LogP contribution in [0.5, 0.6) is 0 Å². The number of aromatic nitrogens is 1. The van der Waals surface area contributed by atoms with Gasteiger partial charge in [0.2, 0.25) is 0 Å². The van der Waals surface area contributed by atoms with Gasteiger partial charge in [-0.3, -0.25) is 4.98 Å². The number of hydrogen-bond acceptors (Lipinski definition) is 3. The largest absolute Gasteiger partial charge is 0.312 e. The number of nitrogens with one attached hydrogen (secondary N) is 1. The summed E-state index contributed by atoms with van der Waals surface area (Å²) in [6.45, 7) is 4.37. The molecule has 1 unspecified atom stereocenters. The maximum atomic E-state index is 4.39. The zero-order chi connectivity index (χ0) is 12.5. The minimum Gasteiger partial charge on any atom is -0.312 e. The first-order valence-electron chi connectivity index (χ1n) is 6.50. The van der Waals surface area contributed by atoms with Gasteiger partial charge in [0, 0.05) is 37.4 Å². The lowest BCUT2D eigenvalue weighted by Crippen LogP contribution is -2.36. The molecular formula is C14H25N3. The number of pyridine rings is 1. The van der Waals surface area contributed by atoms with E-state index in [1.807, 2.05) is 12.3 Å². The number of hydrogen-bond donors (Lipinski definition) is 1. The Morgan fingerprint density at radius 3 is 2.76 bits per heavy atom. The maximum Gasteiger partial charge on any atom is 0.0419 e. The highest BCUT2D eigenvalue weighted by Gasteiger charge is 2.08. The highest BCUT2D eigenvalue weighted by atomic mass is 15.1. The molecule has 96 valence electrons. The predicted molar refractivity (Wildman–Crippen MR) is 73.2 cm³/mol. The van der Waals surface area contributed by atoms with Crippen molar-refractivity contribution in [2.24, 2.45) is 0 Å². The van der Waals surface area contributed by atoms with Crippen LogP contribution in [0.3, 0.4) is 0 Å². The van der Waals surface area contributed by atoms with Crippen molar-refractivity contribution in [2.75, 3.05) is 27.2 Å². The van der Waals surface area contributed by atoms with E-state index in [9.17, 15) is 0 Å². The van der Waals surface area contributed by atoms with Gasteiger partial charge in [-0.25, -0.2) is 0 Å². The Morgan fingerprint density at radius 1 is 1.35 bits per heavy atom. The molecule has 0 radical (unpaired) electrons. The van der Waals surface area contributed by atoms with E-state index >= 15 is 0 Å². The molecule has 1 N–H and O–H groups in total. The Bertz CT molecular complexity index is 285. The van der Waals surface area contributed by atoms with Gasteiger partial charge in [0.1, 0.15) is 0 Å². The van der Waals surface area contributed by atoms with Crippen LogP contribution in [0.2, 0.25) is 0 Å². The summed E-state index contributed by atoms with van der Waals surface area (Å²) in [5.41, 5.74) is 1.18. The Labute approximate surface area is 105 Å². The van der Waals surface area contributed by atoms with Crippen LogP contribution < -0.4 is 5.32 Å². The first-order chi connectivity index (χ1) is 8.22. The summed E-state index contributed by atoms with van der Waals surface area (Å²) in [4.78, 5) is 6.60. The standard InChI is InChI=1S/C14H25N3/c1-4-7-13(16-10-11-17(2)3)12-14-8-5-6-9-15-14/h5-6,8-9,13,16H,4,7,10-12H2,1-3H3. The molecule has 0 aliphatic carbocycles. The van der Waals surface area contributed by atoms with Gasteiger partial charge in [-0.1, -0.05) is 19.4 Å². The Morgan fingerprint density at radius 2 is 2.18 bits per heavy atom. The molecule has 0 aromatic carbocycles. The maximum absolute atomic E-state index is 4.39. The van der Waals surface area contributed by atoms with Gasteiger partial charge in [-0.05, 0) is 32.6 Å². The number of likely N-dealkylation sites (N-methyl/N-ethyl adjacent to an activating group) is 1. The summed E-state index contributed by atoms with van der Waals surface area (Å²) in [5.74, 6) is 0. The van der Waals surface area contributed by atoms with Crippen molar-refractivity contribution in [3.8, 4) is 0 Å². The van der Waals surface area contributed by atoms with E-state index in [-0.39, 0.29) is 0 Å². The van der Waals surface area contributed by atoms with E-state index in [1.54, 1.807) is 0 Å². The van der Waals surface area contributed by atoms with Crippen LogP contribution >= 0.6 is 0 Å². The molecule has 0 spiro atoms. The van der Waals surface area contributed by atoms with Crippen LogP contribution in [-0.4, -0.2) is 43.1 Å². The molecule has 0 aliphatic heterocycles. The Balaban J connectivity index is 2.37. The molecule has 1 atom stereocenters. The number of nitrogens with zero attached hydrogens (tertiary/aromatic N) is 2. The van der Waals surface area contributed by atoms with Crippen LogP contribution in [0, 0.1) is 0 Å². The summed E-state index contributed by atoms with van der Waals surface area (Å²) in [5, 5.41) is 3.62. The molecule has 0 amide bonds. The third-order valence-corrected chi connectivity index (χ3v) is 2.81. The summed E-state index contributed by atoms with van der Waals surface area (Å²) in [6, 6.07) is 6.69. The fourth-order valence-electron chi connectivity index (χ4n) is 1.89. The number of rotatable bonds is 8. The quantitative estimate of drug-likeness (QED) is 0.746. The minimum absolute atomic E-state index is 0.551. The highest BCUT2D eigenvalue weighted by molar-refractivity contribution is 5.05. The van der Waals surface area contributed by atoms with E-state index in [0.29, 0.717) is 6.04 Å². The van der Waals surface area contributed by atoms with E-state index in [1.165, 1.54) is 18.5 Å². The fourth-order valence-corrected chi connectivity index (χ4v) is 1.89. The molecule has 0 saturated carbocycles. The van der Waals surface area contributed by atoms with Gasteiger partial charge in [-0.15, -0.1) is 0 Å². The van der Waals surface area contributed by atoms with Crippen LogP contribution in [-0.2, 0) is 6.42 Å². The van der Waals surface area contributed by atoms with Crippen molar-refractivity contribution in [3.63, 3.8) is 0 Å². The molecule has 1 heterocycles. The molecule has 3 nitrogen and oxygen atoms in total. The van der Waals surface area contributed by atoms with Crippen LogP contribution in [0.25, 0.3) is 0 Å². The first-order valence-corrected chi connectivity index (χ1v) is 6.50. The van der Waals surface area contributed by atoms with E-state index < -0.39 is 0 Å². The average molecular weight is 235 g/mol. The normalized spacial score (nSPS) is 12.9. The summed E-state index contributed by atoms with van der Waals surface area (Å²) in [6.07, 6.45) is 5.33. The summed E-state index contributed by atoms with van der Waals surface area (Å²) < 4.78 is 0. The average Bonchev–Trinajstić information content (AvgIpc) is 2.30. The molecule has 0 fully saturated rings. The predicted octanol–water partition coefficient (Wildman–Crippen LogP) is 1.94. The second kappa shape index (κ2) is 8.20. The van der Waals surface area contributed by atoms with Crippen molar-refractivity contribution < 1.29 is 0 Å². The zero-order valence-corrected chi connectivity index (χ0v) is 11.3. The molecule has 1 aromatic rings. The van der Waals surface area contributed by atoms with Crippen molar-refractivity contribution in [1.29, 1.82) is 0 Å². The van der Waals surface area contributed by atoms with Gasteiger partial charge >= 0.3 is 0 Å². The Kier molecular flexibility index (Phi) is 6.82. The molecule has 17 heavy (non-hydrogen) atoms. The van der Waals surface area contributed by atoms with Crippen molar-refractivity contribution in [1.82, 2.24) is 15.2 Å². The second-order valence-electron chi connectivity index (χ2n) is 4.77. The van der Waals surface area contributed by atoms with E-state index in [4.69, 9.17) is 0 Å². The van der Waals surface area contributed by atoms with E-state index in [0.717, 1.165) is 19.5 Å². The lowest BCUT2D eigenvalue weighted by molar-refractivity contribution is 0.374. The first kappa shape index (κ1) is 14.1. The molecule has 3 heteroatoms. The van der Waals surface area contributed by atoms with Gasteiger partial charge in [0.05, 0.1) is 0 Å². The van der Waals surface area contributed by atoms with Crippen molar-refractivity contribution in [3.05, 3.63) is 30.1 Å². The molecular weight excluding hydrogens is 210 g/mol. The van der Waals surface area contributed by atoms with Gasteiger partial charge in [0.25, 0.3) is 0 Å². The summed E-state index contributed by atoms with van der Waals surface area (Å²) >= 11 is 0. The van der Waals surface area contributed by atoms with Crippen LogP contribution in [0.15, 0.2) is 24.4 Å². The third-order valence-electron chi connectivity index (χ3n) is 2.81. The lowest BCUT2D eigenvalue weighted by atomic mass is 10.1. The molecule has 0 bridgehead atoms. The van der Waals surface area contributed by atoms with E-state index in [2.05, 4.69) is 48.4 Å². The highest BCUT2D eigenvalue weighted by Crippen LogP contribution is 2.04. The molecule has 0 saturated heterocycles. The summed E-state index contributed by atoms with van der Waals surface area (Å²) in [7, 11) is 4.21. The Hall–Kier alpha value is -0.930. The minimum atomic E-state index is 0.551. The monoisotopic (exact) mass is 235 g/mol. The van der Waals surface area contributed by atoms with Crippen LogP contribution in [0.4, 0.5) is 0 Å². The molecule has 0 aliphatic rings. The van der Waals surface area contributed by atoms with Gasteiger partial charge < -0.3 is 10.2 Å². The SMILES string of the molecule is CCCC(Cc1ccccn1)NCCN(C)C. The van der Waals surface area contributed by atoms with Gasteiger partial charge in [-0.2, -0.15) is 0 Å². The van der Waals surface area contributed by atoms with Gasteiger partial charge in [0.15, 0.2) is 0 Å². The third kappa shape index (κ3) is 6.39. The second-order valence-corrected chi connectivity index (χ2v) is 4.77. The topological polar surface area (TPSA) is 28.2 Å². The van der Waals surface area contributed by atoms with Crippen molar-refractivity contribution >= 4 is 0 Å².